The number of hydrogen-bond donors (Lipinski definition) is 1. The fraction of sp³-hybridized carbons (Fsp3) is 0.533. The van der Waals surface area contributed by atoms with E-state index in [0.717, 1.165) is 0 Å². The first-order valence-corrected chi connectivity index (χ1v) is 6.80. The third kappa shape index (κ3) is 3.70. The van der Waals surface area contributed by atoms with Crippen LogP contribution in [0.25, 0.3) is 0 Å². The van der Waals surface area contributed by atoms with Crippen molar-refractivity contribution in [1.82, 2.24) is 10.2 Å². The van der Waals surface area contributed by atoms with Crippen LogP contribution in [0.3, 0.4) is 0 Å². The molecule has 20 heavy (non-hydrogen) atoms. The Balaban J connectivity index is 2.06. The van der Waals surface area contributed by atoms with Gasteiger partial charge in [-0.15, -0.1) is 0 Å². The number of carbonyl (C=O) groups excluding carboxylic acids is 1. The number of benzene rings is 1. The molecule has 1 unspecified atom stereocenters. The van der Waals surface area contributed by atoms with Crippen LogP contribution in [0.4, 0.5) is 9.18 Å². The molecule has 0 bridgehead atoms. The second-order valence-electron chi connectivity index (χ2n) is 6.01. The number of urea groups is 1. The molecule has 5 heteroatoms. The molecule has 1 N–H and O–H groups in total. The van der Waals surface area contributed by atoms with Crippen LogP contribution in [-0.2, 0) is 4.74 Å². The number of nitrogens with one attached hydrogen (secondary N) is 1. The molecule has 0 aliphatic carbocycles. The van der Waals surface area contributed by atoms with Crippen molar-refractivity contribution in [1.29, 1.82) is 0 Å². The molecule has 2 amide bonds. The van der Waals surface area contributed by atoms with Gasteiger partial charge in [0.1, 0.15) is 11.9 Å². The maximum absolute atomic E-state index is 13.8. The van der Waals surface area contributed by atoms with Gasteiger partial charge in [-0.3, -0.25) is 0 Å². The number of rotatable bonds is 1. The highest BCUT2D eigenvalue weighted by Gasteiger charge is 2.28. The minimum absolute atomic E-state index is 0.137. The van der Waals surface area contributed by atoms with Gasteiger partial charge in [0.15, 0.2) is 0 Å². The van der Waals surface area contributed by atoms with Crippen molar-refractivity contribution < 1.29 is 13.9 Å². The second-order valence-corrected chi connectivity index (χ2v) is 6.01. The Kier molecular flexibility index (Phi) is 4.28. The lowest BCUT2D eigenvalue weighted by Gasteiger charge is -2.35. The van der Waals surface area contributed by atoms with Gasteiger partial charge in [-0.05, 0) is 26.8 Å². The van der Waals surface area contributed by atoms with Crippen molar-refractivity contribution in [2.75, 3.05) is 19.7 Å². The Morgan fingerprint density at radius 1 is 1.40 bits per heavy atom. The van der Waals surface area contributed by atoms with Crippen molar-refractivity contribution in [2.24, 2.45) is 0 Å². The summed E-state index contributed by atoms with van der Waals surface area (Å²) in [4.78, 5) is 13.8. The fourth-order valence-corrected chi connectivity index (χ4v) is 2.16. The summed E-state index contributed by atoms with van der Waals surface area (Å²) in [5.41, 5.74) is 0.212. The maximum Gasteiger partial charge on any atom is 0.317 e. The normalized spacial score (nSPS) is 19.8. The Labute approximate surface area is 118 Å². The predicted molar refractivity (Wildman–Crippen MR) is 75.0 cm³/mol. The molecule has 1 saturated heterocycles. The van der Waals surface area contributed by atoms with Crippen LogP contribution in [0.5, 0.6) is 0 Å². The molecule has 1 aliphatic heterocycles. The number of hydrogen-bond acceptors (Lipinski definition) is 2. The highest BCUT2D eigenvalue weighted by Crippen LogP contribution is 2.24. The van der Waals surface area contributed by atoms with Crippen molar-refractivity contribution in [3.63, 3.8) is 0 Å². The fourth-order valence-electron chi connectivity index (χ4n) is 2.16. The van der Waals surface area contributed by atoms with Gasteiger partial charge in [0.2, 0.25) is 0 Å². The minimum Gasteiger partial charge on any atom is -0.370 e. The predicted octanol–water partition coefficient (Wildman–Crippen LogP) is 2.71. The Hall–Kier alpha value is -1.62. The van der Waals surface area contributed by atoms with Crippen LogP contribution in [0.15, 0.2) is 24.3 Å². The highest BCUT2D eigenvalue weighted by molar-refractivity contribution is 5.75. The molecular weight excluding hydrogens is 259 g/mol. The number of amides is 2. The van der Waals surface area contributed by atoms with E-state index in [0.29, 0.717) is 25.3 Å². The SMILES string of the molecule is CC(C)(C)NC(=O)N1CCOC(c2ccccc2F)C1. The molecule has 1 fully saturated rings. The minimum atomic E-state index is -0.407. The molecule has 4 nitrogen and oxygen atoms in total. The van der Waals surface area contributed by atoms with Crippen LogP contribution in [0.1, 0.15) is 32.4 Å². The summed E-state index contributed by atoms with van der Waals surface area (Å²) < 4.78 is 19.4. The topological polar surface area (TPSA) is 41.6 Å². The largest absolute Gasteiger partial charge is 0.370 e. The van der Waals surface area contributed by atoms with E-state index < -0.39 is 6.10 Å². The first-order chi connectivity index (χ1) is 9.37. The number of ether oxygens (including phenoxy) is 1. The highest BCUT2D eigenvalue weighted by atomic mass is 19.1. The zero-order valence-corrected chi connectivity index (χ0v) is 12.1. The van der Waals surface area contributed by atoms with Crippen LogP contribution in [0.2, 0.25) is 0 Å². The number of morpholine rings is 1. The van der Waals surface area contributed by atoms with Crippen LogP contribution in [0, 0.1) is 5.82 Å². The molecular formula is C15H21FN2O2. The molecule has 0 aromatic heterocycles. The lowest BCUT2D eigenvalue weighted by atomic mass is 10.1. The summed E-state index contributed by atoms with van der Waals surface area (Å²) in [5.74, 6) is -0.296. The van der Waals surface area contributed by atoms with Gasteiger partial charge >= 0.3 is 6.03 Å². The number of carbonyl (C=O) groups is 1. The molecule has 1 heterocycles. The second kappa shape index (κ2) is 5.79. The molecule has 2 rings (SSSR count). The first kappa shape index (κ1) is 14.8. The van der Waals surface area contributed by atoms with E-state index in [2.05, 4.69) is 5.32 Å². The zero-order chi connectivity index (χ0) is 14.8. The lowest BCUT2D eigenvalue weighted by molar-refractivity contribution is -0.0178. The van der Waals surface area contributed by atoms with E-state index in [1.54, 1.807) is 23.1 Å². The van der Waals surface area contributed by atoms with E-state index in [1.165, 1.54) is 6.07 Å². The van der Waals surface area contributed by atoms with E-state index >= 15 is 0 Å². The van der Waals surface area contributed by atoms with Crippen molar-refractivity contribution >= 4 is 6.03 Å². The molecule has 1 atom stereocenters. The van der Waals surface area contributed by atoms with E-state index in [1.807, 2.05) is 20.8 Å². The summed E-state index contributed by atoms with van der Waals surface area (Å²) in [6, 6.07) is 6.39. The Bertz CT molecular complexity index is 485. The van der Waals surface area contributed by atoms with E-state index in [4.69, 9.17) is 4.74 Å². The van der Waals surface area contributed by atoms with Gasteiger partial charge in [-0.25, -0.2) is 9.18 Å². The van der Waals surface area contributed by atoms with E-state index in [-0.39, 0.29) is 17.4 Å². The van der Waals surface area contributed by atoms with Crippen molar-refractivity contribution in [2.45, 2.75) is 32.4 Å². The van der Waals surface area contributed by atoms with Gasteiger partial charge in [0.25, 0.3) is 0 Å². The molecule has 1 aromatic carbocycles. The van der Waals surface area contributed by atoms with Gasteiger partial charge in [0, 0.05) is 17.6 Å². The maximum atomic E-state index is 13.8. The van der Waals surface area contributed by atoms with Crippen LogP contribution in [-0.4, -0.2) is 36.2 Å². The van der Waals surface area contributed by atoms with Gasteiger partial charge in [0.05, 0.1) is 13.2 Å². The monoisotopic (exact) mass is 280 g/mol. The average molecular weight is 280 g/mol. The molecule has 0 radical (unpaired) electrons. The Morgan fingerprint density at radius 2 is 2.10 bits per heavy atom. The third-order valence-electron chi connectivity index (χ3n) is 3.09. The lowest BCUT2D eigenvalue weighted by Crippen LogP contribution is -2.52. The van der Waals surface area contributed by atoms with Crippen LogP contribution >= 0.6 is 0 Å². The average Bonchev–Trinajstić information content (AvgIpc) is 2.37. The number of halogens is 1. The molecule has 1 aliphatic rings. The standard InChI is InChI=1S/C15H21FN2O2/c1-15(2,3)17-14(19)18-8-9-20-13(10-18)11-6-4-5-7-12(11)16/h4-7,13H,8-10H2,1-3H3,(H,17,19). The summed E-state index contributed by atoms with van der Waals surface area (Å²) >= 11 is 0. The summed E-state index contributed by atoms with van der Waals surface area (Å²) in [5, 5.41) is 2.91. The molecule has 0 spiro atoms. The van der Waals surface area contributed by atoms with Crippen LogP contribution < -0.4 is 5.32 Å². The molecule has 0 saturated carbocycles. The molecule has 1 aromatic rings. The third-order valence-corrected chi connectivity index (χ3v) is 3.09. The zero-order valence-electron chi connectivity index (χ0n) is 12.1. The van der Waals surface area contributed by atoms with Gasteiger partial charge in [-0.2, -0.15) is 0 Å². The summed E-state index contributed by atoms with van der Waals surface area (Å²) in [7, 11) is 0. The van der Waals surface area contributed by atoms with Gasteiger partial charge in [-0.1, -0.05) is 18.2 Å². The smallest absolute Gasteiger partial charge is 0.317 e. The summed E-state index contributed by atoms with van der Waals surface area (Å²) in [6.07, 6.45) is -0.407. The molecule has 110 valence electrons. The summed E-state index contributed by atoms with van der Waals surface area (Å²) in [6.45, 7) is 7.09. The number of nitrogens with zero attached hydrogens (tertiary/aromatic N) is 1. The van der Waals surface area contributed by atoms with Crippen molar-refractivity contribution in [3.05, 3.63) is 35.6 Å². The quantitative estimate of drug-likeness (QED) is 0.859. The first-order valence-electron chi connectivity index (χ1n) is 6.80. The van der Waals surface area contributed by atoms with E-state index in [9.17, 15) is 9.18 Å². The Morgan fingerprint density at radius 3 is 2.75 bits per heavy atom. The van der Waals surface area contributed by atoms with Gasteiger partial charge < -0.3 is 15.0 Å². The van der Waals surface area contributed by atoms with Crippen molar-refractivity contribution in [3.8, 4) is 0 Å².